The SMILES string of the molecule is Cc1ccc(S(=O)(=O)N[C@@H](CC(C)C)C(=O)N/N=C\c2ccc(Br)cc2)cc1. The minimum absolute atomic E-state index is 0.118. The van der Waals surface area contributed by atoms with E-state index < -0.39 is 22.0 Å². The first-order valence-corrected chi connectivity index (χ1v) is 11.1. The van der Waals surface area contributed by atoms with E-state index in [1.54, 1.807) is 12.1 Å². The van der Waals surface area contributed by atoms with E-state index in [2.05, 4.69) is 31.2 Å². The summed E-state index contributed by atoms with van der Waals surface area (Å²) in [6, 6.07) is 13.0. The van der Waals surface area contributed by atoms with E-state index in [0.29, 0.717) is 6.42 Å². The van der Waals surface area contributed by atoms with Crippen LogP contribution in [0.15, 0.2) is 63.0 Å². The maximum Gasteiger partial charge on any atom is 0.258 e. The van der Waals surface area contributed by atoms with Crippen molar-refractivity contribution in [1.29, 1.82) is 0 Å². The summed E-state index contributed by atoms with van der Waals surface area (Å²) in [6.07, 6.45) is 1.86. The monoisotopic (exact) mass is 465 g/mol. The van der Waals surface area contributed by atoms with Crippen LogP contribution in [0.3, 0.4) is 0 Å². The zero-order chi connectivity index (χ0) is 20.7. The van der Waals surface area contributed by atoms with Gasteiger partial charge in [-0.3, -0.25) is 4.79 Å². The van der Waals surface area contributed by atoms with Crippen LogP contribution in [0, 0.1) is 12.8 Å². The number of halogens is 1. The molecule has 0 radical (unpaired) electrons. The predicted molar refractivity (Wildman–Crippen MR) is 115 cm³/mol. The van der Waals surface area contributed by atoms with Crippen LogP contribution in [-0.4, -0.2) is 26.6 Å². The van der Waals surface area contributed by atoms with Gasteiger partial charge >= 0.3 is 0 Å². The van der Waals surface area contributed by atoms with E-state index >= 15 is 0 Å². The van der Waals surface area contributed by atoms with Gasteiger partial charge in [0.1, 0.15) is 6.04 Å². The molecule has 0 fully saturated rings. The number of rotatable bonds is 8. The van der Waals surface area contributed by atoms with Crippen molar-refractivity contribution in [3.8, 4) is 0 Å². The number of amides is 1. The van der Waals surface area contributed by atoms with Crippen LogP contribution in [0.2, 0.25) is 0 Å². The van der Waals surface area contributed by atoms with Crippen LogP contribution in [0.4, 0.5) is 0 Å². The maximum atomic E-state index is 12.6. The van der Waals surface area contributed by atoms with Crippen molar-refractivity contribution < 1.29 is 13.2 Å². The molecule has 0 heterocycles. The highest BCUT2D eigenvalue weighted by atomic mass is 79.9. The third kappa shape index (κ3) is 6.85. The molecule has 0 spiro atoms. The number of sulfonamides is 1. The van der Waals surface area contributed by atoms with Gasteiger partial charge in [-0.2, -0.15) is 9.82 Å². The van der Waals surface area contributed by atoms with Crippen LogP contribution < -0.4 is 10.1 Å². The normalized spacial score (nSPS) is 13.0. The molecule has 2 rings (SSSR count). The lowest BCUT2D eigenvalue weighted by Crippen LogP contribution is -2.46. The van der Waals surface area contributed by atoms with Crippen molar-refractivity contribution in [1.82, 2.24) is 10.1 Å². The summed E-state index contributed by atoms with van der Waals surface area (Å²) < 4.78 is 28.7. The van der Waals surface area contributed by atoms with Gasteiger partial charge in [0.2, 0.25) is 10.0 Å². The Labute approximate surface area is 174 Å². The lowest BCUT2D eigenvalue weighted by molar-refractivity contribution is -0.123. The number of carbonyl (C=O) groups is 1. The van der Waals surface area contributed by atoms with E-state index in [0.717, 1.165) is 15.6 Å². The van der Waals surface area contributed by atoms with E-state index in [4.69, 9.17) is 0 Å². The van der Waals surface area contributed by atoms with Crippen LogP contribution >= 0.6 is 15.9 Å². The minimum atomic E-state index is -3.82. The van der Waals surface area contributed by atoms with Crippen molar-refractivity contribution in [3.63, 3.8) is 0 Å². The number of benzene rings is 2. The summed E-state index contributed by atoms with van der Waals surface area (Å²) in [7, 11) is -3.82. The van der Waals surface area contributed by atoms with Gasteiger partial charge in [0, 0.05) is 4.47 Å². The second-order valence-corrected chi connectivity index (χ2v) is 9.53. The Morgan fingerprint density at radius 3 is 2.29 bits per heavy atom. The third-order valence-electron chi connectivity index (χ3n) is 3.91. The number of aryl methyl sites for hydroxylation is 1. The van der Waals surface area contributed by atoms with Gasteiger partial charge in [-0.05, 0) is 49.1 Å². The van der Waals surface area contributed by atoms with Gasteiger partial charge in [-0.1, -0.05) is 59.6 Å². The Kier molecular flexibility index (Phi) is 7.91. The molecule has 0 aliphatic carbocycles. The molecule has 8 heteroatoms. The fraction of sp³-hybridized carbons (Fsp3) is 0.300. The number of carbonyl (C=O) groups excluding carboxylic acids is 1. The Morgan fingerprint density at radius 1 is 1.11 bits per heavy atom. The van der Waals surface area contributed by atoms with Crippen molar-refractivity contribution in [2.45, 2.75) is 38.1 Å². The summed E-state index contributed by atoms with van der Waals surface area (Å²) in [6.45, 7) is 5.72. The Balaban J connectivity index is 2.10. The van der Waals surface area contributed by atoms with Crippen LogP contribution in [-0.2, 0) is 14.8 Å². The molecule has 28 heavy (non-hydrogen) atoms. The Bertz CT molecular complexity index is 924. The average molecular weight is 466 g/mol. The minimum Gasteiger partial charge on any atom is -0.271 e. The number of nitrogens with one attached hydrogen (secondary N) is 2. The first kappa shape index (κ1) is 22.3. The molecule has 0 saturated carbocycles. The fourth-order valence-electron chi connectivity index (χ4n) is 2.45. The molecule has 150 valence electrons. The van der Waals surface area contributed by atoms with E-state index in [1.165, 1.54) is 18.3 Å². The summed E-state index contributed by atoms with van der Waals surface area (Å²) in [5, 5.41) is 3.94. The number of hydrogen-bond acceptors (Lipinski definition) is 4. The quantitative estimate of drug-likeness (QED) is 0.461. The third-order valence-corrected chi connectivity index (χ3v) is 5.93. The highest BCUT2D eigenvalue weighted by Gasteiger charge is 2.26. The van der Waals surface area contributed by atoms with Gasteiger partial charge < -0.3 is 0 Å². The standard InChI is InChI=1S/C20H24BrN3O3S/c1-14(2)12-19(24-28(26,27)18-10-4-15(3)5-11-18)20(25)23-22-13-16-6-8-17(21)9-7-16/h4-11,13-14,19,24H,12H2,1-3H3,(H,23,25)/b22-13-/t19-/m0/s1. The molecule has 6 nitrogen and oxygen atoms in total. The van der Waals surface area contributed by atoms with Gasteiger partial charge in [-0.15, -0.1) is 0 Å². The summed E-state index contributed by atoms with van der Waals surface area (Å²) >= 11 is 3.35. The Hall–Kier alpha value is -2.03. The second-order valence-electron chi connectivity index (χ2n) is 6.90. The van der Waals surface area contributed by atoms with Gasteiger partial charge in [0.15, 0.2) is 0 Å². The smallest absolute Gasteiger partial charge is 0.258 e. The number of hydrogen-bond donors (Lipinski definition) is 2. The van der Waals surface area contributed by atoms with Crippen LogP contribution in [0.25, 0.3) is 0 Å². The van der Waals surface area contributed by atoms with Crippen molar-refractivity contribution in [2.24, 2.45) is 11.0 Å². The molecule has 0 bridgehead atoms. The first-order valence-electron chi connectivity index (χ1n) is 8.85. The predicted octanol–water partition coefficient (Wildman–Crippen LogP) is 3.60. The zero-order valence-electron chi connectivity index (χ0n) is 16.0. The van der Waals surface area contributed by atoms with Gasteiger partial charge in [0.25, 0.3) is 5.91 Å². The second kappa shape index (κ2) is 9.95. The summed E-state index contributed by atoms with van der Waals surface area (Å²) in [4.78, 5) is 12.7. The summed E-state index contributed by atoms with van der Waals surface area (Å²) in [5.41, 5.74) is 4.19. The highest BCUT2D eigenvalue weighted by Crippen LogP contribution is 2.13. The van der Waals surface area contributed by atoms with E-state index in [9.17, 15) is 13.2 Å². The molecular formula is C20H24BrN3O3S. The molecule has 0 aromatic heterocycles. The molecule has 0 saturated heterocycles. The zero-order valence-corrected chi connectivity index (χ0v) is 18.4. The average Bonchev–Trinajstić information content (AvgIpc) is 2.62. The molecule has 0 unspecified atom stereocenters. The highest BCUT2D eigenvalue weighted by molar-refractivity contribution is 9.10. The number of hydrazone groups is 1. The van der Waals surface area contributed by atoms with Crippen molar-refractivity contribution in [2.75, 3.05) is 0 Å². The van der Waals surface area contributed by atoms with Crippen molar-refractivity contribution in [3.05, 3.63) is 64.1 Å². The fourth-order valence-corrected chi connectivity index (χ4v) is 3.92. The molecule has 2 aromatic carbocycles. The lowest BCUT2D eigenvalue weighted by Gasteiger charge is -2.19. The van der Waals surface area contributed by atoms with Gasteiger partial charge in [0.05, 0.1) is 11.1 Å². The molecule has 2 aromatic rings. The Morgan fingerprint density at radius 2 is 1.71 bits per heavy atom. The molecule has 2 N–H and O–H groups in total. The van der Waals surface area contributed by atoms with Crippen molar-refractivity contribution >= 4 is 38.1 Å². The number of nitrogens with zero attached hydrogens (tertiary/aromatic N) is 1. The molecular weight excluding hydrogens is 442 g/mol. The molecule has 1 amide bonds. The molecule has 0 aliphatic rings. The van der Waals surface area contributed by atoms with Crippen LogP contribution in [0.1, 0.15) is 31.4 Å². The molecule has 0 aliphatic heterocycles. The van der Waals surface area contributed by atoms with E-state index in [1.807, 2.05) is 45.0 Å². The van der Waals surface area contributed by atoms with Crippen LogP contribution in [0.5, 0.6) is 0 Å². The topological polar surface area (TPSA) is 87.6 Å². The lowest BCUT2D eigenvalue weighted by atomic mass is 10.0. The first-order chi connectivity index (χ1) is 13.2. The van der Waals surface area contributed by atoms with E-state index in [-0.39, 0.29) is 10.8 Å². The largest absolute Gasteiger partial charge is 0.271 e. The molecule has 1 atom stereocenters. The maximum absolute atomic E-state index is 12.6. The van der Waals surface area contributed by atoms with Gasteiger partial charge in [-0.25, -0.2) is 13.8 Å². The summed E-state index contributed by atoms with van der Waals surface area (Å²) in [5.74, 6) is -0.385.